The summed E-state index contributed by atoms with van der Waals surface area (Å²) in [6.45, 7) is 0. The Bertz CT molecular complexity index is 585. The first-order valence-corrected chi connectivity index (χ1v) is 6.57. The molecule has 1 saturated carbocycles. The lowest BCUT2D eigenvalue weighted by Gasteiger charge is -2.25. The summed E-state index contributed by atoms with van der Waals surface area (Å²) in [6, 6.07) is 3.71. The number of esters is 1. The number of fused-ring (bicyclic) bond motifs is 1. The van der Waals surface area contributed by atoms with E-state index < -0.39 is 0 Å². The van der Waals surface area contributed by atoms with E-state index >= 15 is 0 Å². The van der Waals surface area contributed by atoms with E-state index in [9.17, 15) is 4.79 Å². The van der Waals surface area contributed by atoms with E-state index in [2.05, 4.69) is 10.1 Å². The van der Waals surface area contributed by atoms with Gasteiger partial charge in [0.25, 0.3) is 0 Å². The molecule has 1 aliphatic carbocycles. The van der Waals surface area contributed by atoms with Gasteiger partial charge in [-0.25, -0.2) is 0 Å². The highest BCUT2D eigenvalue weighted by Gasteiger charge is 2.30. The van der Waals surface area contributed by atoms with Crippen molar-refractivity contribution in [3.63, 3.8) is 0 Å². The predicted octanol–water partition coefficient (Wildman–Crippen LogP) is 2.67. The second-order valence-electron chi connectivity index (χ2n) is 4.99. The summed E-state index contributed by atoms with van der Waals surface area (Å²) in [5, 5.41) is 4.16. The predicted molar refractivity (Wildman–Crippen MR) is 68.5 cm³/mol. The average molecular weight is 260 g/mol. The summed E-state index contributed by atoms with van der Waals surface area (Å²) in [4.78, 5) is 15.8. The number of aromatic nitrogens is 2. The first kappa shape index (κ1) is 12.1. The van der Waals surface area contributed by atoms with Crippen LogP contribution in [0.3, 0.4) is 0 Å². The molecule has 2 aromatic heterocycles. The van der Waals surface area contributed by atoms with E-state index in [1.807, 2.05) is 12.1 Å². The summed E-state index contributed by atoms with van der Waals surface area (Å²) in [5.41, 5.74) is 2.51. The van der Waals surface area contributed by atoms with E-state index in [0.717, 1.165) is 42.5 Å². The van der Waals surface area contributed by atoms with Crippen LogP contribution in [0.5, 0.6) is 0 Å². The Kier molecular flexibility index (Phi) is 3.19. The van der Waals surface area contributed by atoms with Crippen LogP contribution in [0.15, 0.2) is 22.9 Å². The first-order valence-electron chi connectivity index (χ1n) is 6.57. The van der Waals surface area contributed by atoms with Gasteiger partial charge in [-0.15, -0.1) is 0 Å². The molecule has 0 amide bonds. The lowest BCUT2D eigenvalue weighted by atomic mass is 9.80. The molecule has 1 aliphatic rings. The van der Waals surface area contributed by atoms with Gasteiger partial charge in [-0.3, -0.25) is 9.78 Å². The van der Waals surface area contributed by atoms with Gasteiger partial charge in [0.1, 0.15) is 11.2 Å². The topological polar surface area (TPSA) is 65.2 Å². The molecule has 3 rings (SSSR count). The van der Waals surface area contributed by atoms with Gasteiger partial charge in [-0.05, 0) is 37.8 Å². The van der Waals surface area contributed by atoms with Crippen LogP contribution >= 0.6 is 0 Å². The zero-order valence-electron chi connectivity index (χ0n) is 10.8. The number of hydrogen-bond acceptors (Lipinski definition) is 5. The van der Waals surface area contributed by atoms with Crippen LogP contribution in [0.25, 0.3) is 11.1 Å². The average Bonchev–Trinajstić information content (AvgIpc) is 2.90. The van der Waals surface area contributed by atoms with Crippen LogP contribution in [-0.2, 0) is 9.53 Å². The van der Waals surface area contributed by atoms with Crippen LogP contribution in [0.2, 0.25) is 0 Å². The van der Waals surface area contributed by atoms with Crippen molar-refractivity contribution in [2.24, 2.45) is 5.92 Å². The van der Waals surface area contributed by atoms with Gasteiger partial charge >= 0.3 is 5.97 Å². The van der Waals surface area contributed by atoms with E-state index in [4.69, 9.17) is 9.26 Å². The molecule has 5 heteroatoms. The fraction of sp³-hybridized carbons (Fsp3) is 0.500. The van der Waals surface area contributed by atoms with Crippen LogP contribution < -0.4 is 0 Å². The molecule has 0 saturated heterocycles. The minimum Gasteiger partial charge on any atom is -0.469 e. The summed E-state index contributed by atoms with van der Waals surface area (Å²) in [7, 11) is 1.45. The van der Waals surface area contributed by atoms with Crippen molar-refractivity contribution in [2.45, 2.75) is 31.6 Å². The van der Waals surface area contributed by atoms with Gasteiger partial charge in [-0.2, -0.15) is 0 Å². The van der Waals surface area contributed by atoms with Crippen molar-refractivity contribution in [3.8, 4) is 0 Å². The molecule has 0 unspecified atom stereocenters. The number of hydrogen-bond donors (Lipinski definition) is 0. The van der Waals surface area contributed by atoms with Crippen molar-refractivity contribution in [1.82, 2.24) is 10.1 Å². The standard InChI is InChI=1S/C14H16N2O3/c1-18-14(17)10-6-4-9(5-7-10)12-13-11(19-16-12)3-2-8-15-13/h2-3,8-10H,4-7H2,1H3. The Labute approximate surface area is 110 Å². The number of carbonyl (C=O) groups is 1. The molecular formula is C14H16N2O3. The largest absolute Gasteiger partial charge is 0.469 e. The second kappa shape index (κ2) is 4.99. The Hall–Kier alpha value is -1.91. The fourth-order valence-corrected chi connectivity index (χ4v) is 2.84. The van der Waals surface area contributed by atoms with Gasteiger partial charge in [0.2, 0.25) is 0 Å². The van der Waals surface area contributed by atoms with Crippen LogP contribution in [-0.4, -0.2) is 23.2 Å². The van der Waals surface area contributed by atoms with Crippen LogP contribution in [0.1, 0.15) is 37.3 Å². The number of carbonyl (C=O) groups excluding carboxylic acids is 1. The number of ether oxygens (including phenoxy) is 1. The van der Waals surface area contributed by atoms with Crippen molar-refractivity contribution in [3.05, 3.63) is 24.0 Å². The normalized spacial score (nSPS) is 23.4. The lowest BCUT2D eigenvalue weighted by molar-refractivity contribution is -0.146. The third-order valence-corrected chi connectivity index (χ3v) is 3.90. The maximum Gasteiger partial charge on any atom is 0.308 e. The Morgan fingerprint density at radius 2 is 2.16 bits per heavy atom. The quantitative estimate of drug-likeness (QED) is 0.777. The van der Waals surface area contributed by atoms with Crippen molar-refractivity contribution < 1.29 is 14.1 Å². The van der Waals surface area contributed by atoms with Gasteiger partial charge in [0, 0.05) is 12.1 Å². The van der Waals surface area contributed by atoms with Crippen LogP contribution in [0.4, 0.5) is 0 Å². The molecule has 0 radical (unpaired) electrons. The Morgan fingerprint density at radius 1 is 1.37 bits per heavy atom. The monoisotopic (exact) mass is 260 g/mol. The minimum atomic E-state index is -0.0958. The number of methoxy groups -OCH3 is 1. The highest BCUT2D eigenvalue weighted by molar-refractivity contribution is 5.75. The first-order chi connectivity index (χ1) is 9.29. The molecule has 0 bridgehead atoms. The zero-order valence-corrected chi connectivity index (χ0v) is 10.8. The lowest BCUT2D eigenvalue weighted by Crippen LogP contribution is -2.22. The van der Waals surface area contributed by atoms with E-state index in [0.29, 0.717) is 5.92 Å². The highest BCUT2D eigenvalue weighted by atomic mass is 16.5. The molecule has 0 atom stereocenters. The Balaban J connectivity index is 1.77. The minimum absolute atomic E-state index is 0.0346. The molecule has 19 heavy (non-hydrogen) atoms. The maximum atomic E-state index is 11.5. The molecule has 0 aromatic carbocycles. The third-order valence-electron chi connectivity index (χ3n) is 3.90. The summed E-state index contributed by atoms with van der Waals surface area (Å²) in [6.07, 6.45) is 5.30. The molecule has 2 aromatic rings. The molecule has 1 fully saturated rings. The molecule has 2 heterocycles. The number of nitrogens with zero attached hydrogens (tertiary/aromatic N) is 2. The third kappa shape index (κ3) is 2.20. The molecular weight excluding hydrogens is 244 g/mol. The summed E-state index contributed by atoms with van der Waals surface area (Å²) < 4.78 is 10.1. The van der Waals surface area contributed by atoms with Crippen LogP contribution in [0, 0.1) is 5.92 Å². The molecule has 0 spiro atoms. The number of pyridine rings is 1. The summed E-state index contributed by atoms with van der Waals surface area (Å²) in [5.74, 6) is 0.269. The highest BCUT2D eigenvalue weighted by Crippen LogP contribution is 2.37. The van der Waals surface area contributed by atoms with Gasteiger partial charge < -0.3 is 9.26 Å². The molecule has 100 valence electrons. The molecule has 5 nitrogen and oxygen atoms in total. The summed E-state index contributed by atoms with van der Waals surface area (Å²) >= 11 is 0. The van der Waals surface area contributed by atoms with Gasteiger partial charge in [-0.1, -0.05) is 5.16 Å². The van der Waals surface area contributed by atoms with E-state index in [1.165, 1.54) is 7.11 Å². The van der Waals surface area contributed by atoms with Gasteiger partial charge in [0.15, 0.2) is 5.58 Å². The second-order valence-corrected chi connectivity index (χ2v) is 4.99. The fourth-order valence-electron chi connectivity index (χ4n) is 2.84. The Morgan fingerprint density at radius 3 is 2.89 bits per heavy atom. The smallest absolute Gasteiger partial charge is 0.308 e. The van der Waals surface area contributed by atoms with E-state index in [1.54, 1.807) is 6.20 Å². The molecule has 0 aliphatic heterocycles. The SMILES string of the molecule is COC(=O)C1CCC(c2noc3cccnc23)CC1. The zero-order chi connectivity index (χ0) is 13.2. The maximum absolute atomic E-state index is 11.5. The van der Waals surface area contributed by atoms with Crippen molar-refractivity contribution >= 4 is 17.1 Å². The van der Waals surface area contributed by atoms with Gasteiger partial charge in [0.05, 0.1) is 13.0 Å². The number of rotatable bonds is 2. The van der Waals surface area contributed by atoms with E-state index in [-0.39, 0.29) is 11.9 Å². The van der Waals surface area contributed by atoms with Crippen molar-refractivity contribution in [2.75, 3.05) is 7.11 Å². The molecule has 0 N–H and O–H groups in total. The van der Waals surface area contributed by atoms with Crippen molar-refractivity contribution in [1.29, 1.82) is 0 Å².